The molecule has 0 bridgehead atoms. The van der Waals surface area contributed by atoms with E-state index in [2.05, 4.69) is 24.4 Å². The summed E-state index contributed by atoms with van der Waals surface area (Å²) in [4.78, 5) is 0. The zero-order valence-electron chi connectivity index (χ0n) is 16.0. The van der Waals surface area contributed by atoms with Crippen LogP contribution < -0.4 is 9.46 Å². The number of rotatable bonds is 8. The van der Waals surface area contributed by atoms with Crippen molar-refractivity contribution in [1.29, 1.82) is 0 Å². The molecule has 0 atom stereocenters. The summed E-state index contributed by atoms with van der Waals surface area (Å²) in [6.45, 7) is 13.4. The molecule has 1 aromatic carbocycles. The molecule has 1 N–H and O–H groups in total. The summed E-state index contributed by atoms with van der Waals surface area (Å²) in [5.41, 5.74) is 1.88. The van der Waals surface area contributed by atoms with Crippen LogP contribution in [0.25, 0.3) is 0 Å². The number of aryl methyl sites for hydroxylation is 2. The summed E-state index contributed by atoms with van der Waals surface area (Å²) in [5.74, 6) is 0.341. The molecule has 0 unspecified atom stereocenters. The van der Waals surface area contributed by atoms with Crippen molar-refractivity contribution in [3.8, 4) is 5.75 Å². The van der Waals surface area contributed by atoms with E-state index in [0.717, 1.165) is 23.6 Å². The SMILES string of the molecule is CCN[SH](=O)=O.Cc1cc(OCCC[Si](C)(C)C)c(C(F)F)cc1C. The summed E-state index contributed by atoms with van der Waals surface area (Å²) in [7, 11) is -3.43. The van der Waals surface area contributed by atoms with Gasteiger partial charge in [-0.1, -0.05) is 32.6 Å². The smallest absolute Gasteiger partial charge is 0.267 e. The van der Waals surface area contributed by atoms with Crippen LogP contribution in [-0.4, -0.2) is 29.6 Å². The molecular weight excluding hydrogens is 364 g/mol. The molecule has 0 aliphatic carbocycles. The summed E-state index contributed by atoms with van der Waals surface area (Å²) >= 11 is 0. The number of halogens is 2. The summed E-state index contributed by atoms with van der Waals surface area (Å²) in [6, 6.07) is 4.42. The first-order valence-electron chi connectivity index (χ1n) is 8.38. The lowest BCUT2D eigenvalue weighted by Gasteiger charge is -2.17. The van der Waals surface area contributed by atoms with Gasteiger partial charge in [0, 0.05) is 14.6 Å². The zero-order valence-corrected chi connectivity index (χ0v) is 17.9. The number of ether oxygens (including phenoxy) is 1. The number of alkyl halides is 2. The van der Waals surface area contributed by atoms with Gasteiger partial charge in [-0.25, -0.2) is 21.9 Å². The molecule has 0 saturated heterocycles. The second-order valence-corrected chi connectivity index (χ2v) is 13.5. The minimum Gasteiger partial charge on any atom is -0.493 e. The maximum absolute atomic E-state index is 13.0. The molecular formula is C17H31F2NO3SSi. The molecule has 0 aliphatic rings. The van der Waals surface area contributed by atoms with E-state index < -0.39 is 25.4 Å². The highest BCUT2D eigenvalue weighted by Gasteiger charge is 2.16. The van der Waals surface area contributed by atoms with Gasteiger partial charge in [0.25, 0.3) is 6.43 Å². The molecule has 8 heteroatoms. The van der Waals surface area contributed by atoms with E-state index in [1.807, 2.05) is 13.8 Å². The van der Waals surface area contributed by atoms with Gasteiger partial charge in [0.2, 0.25) is 10.9 Å². The van der Waals surface area contributed by atoms with Gasteiger partial charge in [0.15, 0.2) is 0 Å². The molecule has 25 heavy (non-hydrogen) atoms. The van der Waals surface area contributed by atoms with Gasteiger partial charge in [-0.05, 0) is 43.5 Å². The average Bonchev–Trinajstić information content (AvgIpc) is 2.46. The molecule has 0 spiro atoms. The van der Waals surface area contributed by atoms with E-state index in [4.69, 9.17) is 4.74 Å². The van der Waals surface area contributed by atoms with E-state index in [1.54, 1.807) is 13.0 Å². The van der Waals surface area contributed by atoms with Crippen molar-refractivity contribution in [2.75, 3.05) is 13.2 Å². The third-order valence-corrected chi connectivity index (χ3v) is 5.91. The quantitative estimate of drug-likeness (QED) is 0.388. The van der Waals surface area contributed by atoms with E-state index in [9.17, 15) is 17.2 Å². The van der Waals surface area contributed by atoms with Crippen molar-refractivity contribution in [3.05, 3.63) is 28.8 Å². The number of thiol groups is 1. The second-order valence-electron chi connectivity index (χ2n) is 7.06. The first-order valence-corrected chi connectivity index (χ1v) is 13.3. The molecule has 4 nitrogen and oxygen atoms in total. The summed E-state index contributed by atoms with van der Waals surface area (Å²) < 4.78 is 52.7. The van der Waals surface area contributed by atoms with Gasteiger partial charge in [0.1, 0.15) is 5.75 Å². The maximum Gasteiger partial charge on any atom is 0.267 e. The van der Waals surface area contributed by atoms with E-state index in [1.165, 1.54) is 6.07 Å². The van der Waals surface area contributed by atoms with E-state index in [0.29, 0.717) is 18.9 Å². The van der Waals surface area contributed by atoms with Crippen molar-refractivity contribution in [2.24, 2.45) is 0 Å². The van der Waals surface area contributed by atoms with Crippen LogP contribution in [0.3, 0.4) is 0 Å². The lowest BCUT2D eigenvalue weighted by atomic mass is 10.1. The monoisotopic (exact) mass is 395 g/mol. The maximum atomic E-state index is 13.0. The first-order chi connectivity index (χ1) is 11.5. The Hall–Kier alpha value is -0.993. The van der Waals surface area contributed by atoms with Crippen LogP contribution in [-0.2, 0) is 10.9 Å². The standard InChI is InChI=1S/C15H24F2OSi.C2H7NO2S/c1-11-9-13(15(16)17)14(10-12(11)2)18-7-6-8-19(3,4)5;1-2-3-6(4)5/h9-10,15H,6-8H2,1-5H3;6H,2H2,1H3,(H,3,4,5). The number of benzene rings is 1. The lowest BCUT2D eigenvalue weighted by Crippen LogP contribution is -2.20. The molecule has 0 saturated carbocycles. The zero-order chi connectivity index (χ0) is 19.6. The van der Waals surface area contributed by atoms with Crippen LogP contribution >= 0.6 is 0 Å². The molecule has 0 amide bonds. The number of hydrogen-bond acceptors (Lipinski definition) is 3. The third-order valence-electron chi connectivity index (χ3n) is 3.48. The fraction of sp³-hybridized carbons (Fsp3) is 0.647. The summed E-state index contributed by atoms with van der Waals surface area (Å²) in [6.07, 6.45) is -1.54. The topological polar surface area (TPSA) is 55.4 Å². The Balaban J connectivity index is 0.000000823. The van der Waals surface area contributed by atoms with E-state index in [-0.39, 0.29) is 5.56 Å². The molecule has 1 rings (SSSR count). The third kappa shape index (κ3) is 11.3. The number of nitrogens with one attached hydrogen (secondary N) is 1. The van der Waals surface area contributed by atoms with Gasteiger partial charge >= 0.3 is 0 Å². The van der Waals surface area contributed by atoms with E-state index >= 15 is 0 Å². The van der Waals surface area contributed by atoms with Crippen LogP contribution in [0.2, 0.25) is 25.7 Å². The molecule has 146 valence electrons. The highest BCUT2D eigenvalue weighted by Crippen LogP contribution is 2.31. The van der Waals surface area contributed by atoms with Gasteiger partial charge < -0.3 is 4.74 Å². The van der Waals surface area contributed by atoms with Crippen molar-refractivity contribution >= 4 is 19.0 Å². The molecule has 0 aliphatic heterocycles. The number of hydrogen-bond donors (Lipinski definition) is 2. The highest BCUT2D eigenvalue weighted by atomic mass is 32.2. The highest BCUT2D eigenvalue weighted by molar-refractivity contribution is 7.70. The molecule has 0 aromatic heterocycles. The fourth-order valence-corrected chi connectivity index (χ4v) is 3.48. The molecule has 1 aromatic rings. The predicted octanol–water partition coefficient (Wildman–Crippen LogP) is 4.47. The Kier molecular flexibility index (Phi) is 11.1. The van der Waals surface area contributed by atoms with Crippen molar-refractivity contribution in [1.82, 2.24) is 4.72 Å². The lowest BCUT2D eigenvalue weighted by molar-refractivity contribution is 0.145. The van der Waals surface area contributed by atoms with Crippen LogP contribution in [0.4, 0.5) is 8.78 Å². The second kappa shape index (κ2) is 11.6. The Bertz CT molecular complexity index is 594. The van der Waals surface area contributed by atoms with Gasteiger partial charge in [0.05, 0.1) is 12.2 Å². The normalized spacial score (nSPS) is 11.4. The minimum absolute atomic E-state index is 0.0103. The molecule has 0 fully saturated rings. The fourth-order valence-electron chi connectivity index (χ4n) is 2.02. The Morgan fingerprint density at radius 3 is 2.12 bits per heavy atom. The van der Waals surface area contributed by atoms with Crippen LogP contribution in [0.5, 0.6) is 5.75 Å². The Morgan fingerprint density at radius 1 is 1.16 bits per heavy atom. The van der Waals surface area contributed by atoms with Crippen LogP contribution in [0, 0.1) is 13.8 Å². The first kappa shape index (κ1) is 24.0. The average molecular weight is 396 g/mol. The van der Waals surface area contributed by atoms with Crippen LogP contribution in [0.15, 0.2) is 12.1 Å². The van der Waals surface area contributed by atoms with Gasteiger partial charge in [-0.3, -0.25) is 0 Å². The minimum atomic E-state index is -2.48. The van der Waals surface area contributed by atoms with Crippen molar-refractivity contribution in [2.45, 2.75) is 59.3 Å². The summed E-state index contributed by atoms with van der Waals surface area (Å²) in [5, 5.41) is 0. The molecule has 0 radical (unpaired) electrons. The van der Waals surface area contributed by atoms with Gasteiger partial charge in [-0.2, -0.15) is 0 Å². The van der Waals surface area contributed by atoms with Crippen molar-refractivity contribution in [3.63, 3.8) is 0 Å². The van der Waals surface area contributed by atoms with Gasteiger partial charge in [-0.15, -0.1) is 0 Å². The van der Waals surface area contributed by atoms with Crippen LogP contribution in [0.1, 0.15) is 36.5 Å². The Morgan fingerprint density at radius 2 is 1.72 bits per heavy atom. The molecule has 0 heterocycles. The predicted molar refractivity (Wildman–Crippen MR) is 103 cm³/mol. The Labute approximate surface area is 153 Å². The largest absolute Gasteiger partial charge is 0.493 e. The van der Waals surface area contributed by atoms with Crippen molar-refractivity contribution < 1.29 is 21.9 Å².